The number of nitrogens with zero attached hydrogens (tertiary/aromatic N) is 2. The van der Waals surface area contributed by atoms with E-state index in [0.717, 1.165) is 0 Å². The summed E-state index contributed by atoms with van der Waals surface area (Å²) in [5.74, 6) is 0.514. The standard InChI is InChI=1S/C6H10N2O/c1-3-6(8-5-7)9-4-2/h3-4H2,1-2H3. The van der Waals surface area contributed by atoms with Crippen LogP contribution in [-0.2, 0) is 4.74 Å². The third kappa shape index (κ3) is 3.53. The Labute approximate surface area is 55.0 Å². The molecule has 0 radical (unpaired) electrons. The molecule has 0 aromatic carbocycles. The van der Waals surface area contributed by atoms with Gasteiger partial charge in [-0.2, -0.15) is 5.26 Å². The van der Waals surface area contributed by atoms with Gasteiger partial charge in [-0.3, -0.25) is 0 Å². The lowest BCUT2D eigenvalue weighted by atomic mass is 10.5. The molecule has 0 atom stereocenters. The second-order valence-corrected chi connectivity index (χ2v) is 1.39. The highest BCUT2D eigenvalue weighted by Gasteiger charge is 1.91. The van der Waals surface area contributed by atoms with Crippen molar-refractivity contribution in [3.05, 3.63) is 0 Å². The Morgan fingerprint density at radius 3 is 2.67 bits per heavy atom. The predicted octanol–water partition coefficient (Wildman–Crippen LogP) is 1.31. The minimum Gasteiger partial charge on any atom is -0.481 e. The van der Waals surface area contributed by atoms with Gasteiger partial charge in [0.15, 0.2) is 5.90 Å². The van der Waals surface area contributed by atoms with Crippen LogP contribution in [0.2, 0.25) is 0 Å². The van der Waals surface area contributed by atoms with Gasteiger partial charge >= 0.3 is 0 Å². The molecule has 0 heterocycles. The van der Waals surface area contributed by atoms with E-state index in [0.29, 0.717) is 18.9 Å². The largest absolute Gasteiger partial charge is 0.481 e. The molecule has 9 heavy (non-hydrogen) atoms. The number of ether oxygens (including phenoxy) is 1. The van der Waals surface area contributed by atoms with E-state index in [2.05, 4.69) is 4.99 Å². The maximum atomic E-state index is 8.08. The normalized spacial score (nSPS) is 10.6. The fourth-order valence-electron chi connectivity index (χ4n) is 0.436. The number of hydrogen-bond acceptors (Lipinski definition) is 3. The third-order valence-electron chi connectivity index (χ3n) is 0.788. The van der Waals surface area contributed by atoms with Crippen LogP contribution >= 0.6 is 0 Å². The molecule has 0 spiro atoms. The van der Waals surface area contributed by atoms with Crippen molar-refractivity contribution in [2.45, 2.75) is 20.3 Å². The highest BCUT2D eigenvalue weighted by Crippen LogP contribution is 1.87. The van der Waals surface area contributed by atoms with Crippen LogP contribution in [0, 0.1) is 11.5 Å². The maximum absolute atomic E-state index is 8.08. The molecular weight excluding hydrogens is 116 g/mol. The summed E-state index contributed by atoms with van der Waals surface area (Å²) in [4.78, 5) is 3.43. The SMILES string of the molecule is CCOC(CC)=NC#N. The van der Waals surface area contributed by atoms with Gasteiger partial charge in [-0.05, 0) is 6.92 Å². The third-order valence-corrected chi connectivity index (χ3v) is 0.788. The zero-order valence-corrected chi connectivity index (χ0v) is 5.72. The lowest BCUT2D eigenvalue weighted by Crippen LogP contribution is -2.01. The molecular formula is C6H10N2O. The van der Waals surface area contributed by atoms with E-state index >= 15 is 0 Å². The summed E-state index contributed by atoms with van der Waals surface area (Å²) in [6.45, 7) is 4.34. The average Bonchev–Trinajstić information content (AvgIpc) is 1.88. The van der Waals surface area contributed by atoms with E-state index in [1.807, 2.05) is 13.8 Å². The zero-order chi connectivity index (χ0) is 7.11. The first-order chi connectivity index (χ1) is 4.35. The van der Waals surface area contributed by atoms with Crippen molar-refractivity contribution < 1.29 is 4.74 Å². The van der Waals surface area contributed by atoms with Gasteiger partial charge in [-0.15, -0.1) is 4.99 Å². The highest BCUT2D eigenvalue weighted by atomic mass is 16.5. The van der Waals surface area contributed by atoms with Crippen LogP contribution < -0.4 is 0 Å². The molecule has 0 N–H and O–H groups in total. The van der Waals surface area contributed by atoms with Crippen LogP contribution in [0.1, 0.15) is 20.3 Å². The Morgan fingerprint density at radius 1 is 1.67 bits per heavy atom. The quantitative estimate of drug-likeness (QED) is 0.318. The molecule has 0 bridgehead atoms. The lowest BCUT2D eigenvalue weighted by molar-refractivity contribution is 0.319. The molecule has 0 fully saturated rings. The van der Waals surface area contributed by atoms with Gasteiger partial charge in [-0.25, -0.2) is 0 Å². The second-order valence-electron chi connectivity index (χ2n) is 1.39. The molecule has 0 unspecified atom stereocenters. The van der Waals surface area contributed by atoms with Crippen molar-refractivity contribution in [1.82, 2.24) is 0 Å². The number of hydrogen-bond donors (Lipinski definition) is 0. The molecule has 0 saturated heterocycles. The van der Waals surface area contributed by atoms with Crippen LogP contribution in [0.25, 0.3) is 0 Å². The number of rotatable bonds is 2. The molecule has 0 aromatic heterocycles. The smallest absolute Gasteiger partial charge is 0.208 e. The molecule has 0 aliphatic heterocycles. The van der Waals surface area contributed by atoms with E-state index in [1.165, 1.54) is 0 Å². The Kier molecular flexibility index (Phi) is 4.51. The zero-order valence-electron chi connectivity index (χ0n) is 5.72. The summed E-state index contributed by atoms with van der Waals surface area (Å²) >= 11 is 0. The van der Waals surface area contributed by atoms with E-state index < -0.39 is 0 Å². The summed E-state index contributed by atoms with van der Waals surface area (Å²) < 4.78 is 4.96. The predicted molar refractivity (Wildman–Crippen MR) is 35.0 cm³/mol. The van der Waals surface area contributed by atoms with Gasteiger partial charge < -0.3 is 4.74 Å². The van der Waals surface area contributed by atoms with Crippen molar-refractivity contribution in [2.75, 3.05) is 6.61 Å². The van der Waals surface area contributed by atoms with E-state index in [1.54, 1.807) is 6.19 Å². The van der Waals surface area contributed by atoms with Crippen molar-refractivity contribution in [1.29, 1.82) is 5.26 Å². The minimum atomic E-state index is 0.514. The Balaban J connectivity index is 3.70. The first-order valence-corrected chi connectivity index (χ1v) is 2.93. The molecule has 3 heteroatoms. The van der Waals surface area contributed by atoms with E-state index in [-0.39, 0.29) is 0 Å². The van der Waals surface area contributed by atoms with Crippen LogP contribution in [0.4, 0.5) is 0 Å². The van der Waals surface area contributed by atoms with Gasteiger partial charge in [-0.1, -0.05) is 6.92 Å². The van der Waals surface area contributed by atoms with Gasteiger partial charge in [0.1, 0.15) is 0 Å². The Morgan fingerprint density at radius 2 is 2.33 bits per heavy atom. The fraction of sp³-hybridized carbons (Fsp3) is 0.667. The van der Waals surface area contributed by atoms with Gasteiger partial charge in [0.2, 0.25) is 6.19 Å². The van der Waals surface area contributed by atoms with Crippen molar-refractivity contribution in [3.8, 4) is 6.19 Å². The summed E-state index contributed by atoms with van der Waals surface area (Å²) in [6.07, 6.45) is 2.35. The monoisotopic (exact) mass is 126 g/mol. The Hall–Kier alpha value is -1.04. The van der Waals surface area contributed by atoms with Crippen LogP contribution in [0.3, 0.4) is 0 Å². The average molecular weight is 126 g/mol. The summed E-state index contributed by atoms with van der Waals surface area (Å²) in [5.41, 5.74) is 0. The molecule has 0 aliphatic carbocycles. The van der Waals surface area contributed by atoms with Crippen LogP contribution in [0.15, 0.2) is 4.99 Å². The topological polar surface area (TPSA) is 45.4 Å². The second kappa shape index (κ2) is 5.10. The lowest BCUT2D eigenvalue weighted by Gasteiger charge is -1.99. The van der Waals surface area contributed by atoms with Gasteiger partial charge in [0.05, 0.1) is 6.61 Å². The summed E-state index contributed by atoms with van der Waals surface area (Å²) in [6, 6.07) is 0. The number of aliphatic imine (C=N–C) groups is 1. The fourth-order valence-corrected chi connectivity index (χ4v) is 0.436. The molecule has 0 aliphatic rings. The molecule has 0 aromatic rings. The van der Waals surface area contributed by atoms with Crippen molar-refractivity contribution in [3.63, 3.8) is 0 Å². The molecule has 50 valence electrons. The van der Waals surface area contributed by atoms with Crippen molar-refractivity contribution >= 4 is 5.90 Å². The minimum absolute atomic E-state index is 0.514. The molecule has 0 amide bonds. The number of nitriles is 1. The summed E-state index contributed by atoms with van der Waals surface area (Å²) in [7, 11) is 0. The van der Waals surface area contributed by atoms with Gasteiger partial charge in [0, 0.05) is 6.42 Å². The van der Waals surface area contributed by atoms with Gasteiger partial charge in [0.25, 0.3) is 0 Å². The summed E-state index contributed by atoms with van der Waals surface area (Å²) in [5, 5.41) is 8.08. The van der Waals surface area contributed by atoms with E-state index in [4.69, 9.17) is 10.00 Å². The first kappa shape index (κ1) is 7.96. The molecule has 0 saturated carbocycles. The van der Waals surface area contributed by atoms with Crippen molar-refractivity contribution in [2.24, 2.45) is 4.99 Å². The first-order valence-electron chi connectivity index (χ1n) is 2.93. The highest BCUT2D eigenvalue weighted by molar-refractivity contribution is 5.76. The van der Waals surface area contributed by atoms with Crippen LogP contribution in [0.5, 0.6) is 0 Å². The maximum Gasteiger partial charge on any atom is 0.208 e. The Bertz CT molecular complexity index is 134. The van der Waals surface area contributed by atoms with Crippen LogP contribution in [-0.4, -0.2) is 12.5 Å². The molecule has 3 nitrogen and oxygen atoms in total. The van der Waals surface area contributed by atoms with E-state index in [9.17, 15) is 0 Å². The molecule has 0 rings (SSSR count).